The van der Waals surface area contributed by atoms with Gasteiger partial charge in [0.2, 0.25) is 0 Å². The van der Waals surface area contributed by atoms with Crippen molar-refractivity contribution in [3.05, 3.63) is 208 Å². The smallest absolute Gasteiger partial charge is 0.338 e. The first-order valence-electron chi connectivity index (χ1n) is 24.8. The Morgan fingerprint density at radius 3 is 1.30 bits per heavy atom. The van der Waals surface area contributed by atoms with Crippen molar-refractivity contribution in [3.8, 4) is 0 Å². The zero-order valence-corrected chi connectivity index (χ0v) is 45.1. The largest absolute Gasteiger partial charge is 0.462 e. The van der Waals surface area contributed by atoms with E-state index in [9.17, 15) is 43.2 Å². The predicted molar refractivity (Wildman–Crippen MR) is 299 cm³/mol. The highest BCUT2D eigenvalue weighted by molar-refractivity contribution is 7.99. The zero-order valence-electron chi connectivity index (χ0n) is 44.3. The number of aryl methyl sites for hydroxylation is 1. The predicted octanol–water partition coefficient (Wildman–Crippen LogP) is 10.6. The number of nitrogens with one attached hydrogen (secondary N) is 4. The molecule has 4 amide bonds. The average molecular weight is 1090 g/mol. The lowest BCUT2D eigenvalue weighted by atomic mass is 10.0. The summed E-state index contributed by atoms with van der Waals surface area (Å²) in [6.45, 7) is 15.0. The van der Waals surface area contributed by atoms with Crippen LogP contribution in [0.25, 0.3) is 0 Å². The number of anilines is 3. The molecule has 0 saturated heterocycles. The summed E-state index contributed by atoms with van der Waals surface area (Å²) in [6.07, 6.45) is -0.869. The number of rotatable bonds is 23. The van der Waals surface area contributed by atoms with Gasteiger partial charge in [-0.15, -0.1) is 0 Å². The van der Waals surface area contributed by atoms with E-state index in [0.717, 1.165) is 17.3 Å². The van der Waals surface area contributed by atoms with Crippen molar-refractivity contribution >= 4 is 82.1 Å². The second-order valence-corrected chi connectivity index (χ2v) is 19.4. The lowest BCUT2D eigenvalue weighted by Gasteiger charge is -2.15. The van der Waals surface area contributed by atoms with Crippen LogP contribution in [0.15, 0.2) is 168 Å². The molecule has 0 saturated carbocycles. The molecule has 17 nitrogen and oxygen atoms in total. The number of hydrogen-bond acceptors (Lipinski definition) is 14. The van der Waals surface area contributed by atoms with E-state index in [4.69, 9.17) is 18.9 Å². The molecule has 406 valence electrons. The highest BCUT2D eigenvalue weighted by Crippen LogP contribution is 2.32. The van der Waals surface area contributed by atoms with Crippen molar-refractivity contribution in [3.63, 3.8) is 0 Å². The van der Waals surface area contributed by atoms with Crippen molar-refractivity contribution in [2.75, 3.05) is 36.2 Å². The lowest BCUT2D eigenvalue weighted by Crippen LogP contribution is -2.23. The Hall–Kier alpha value is -9.42. The molecule has 0 radical (unpaired) electrons. The van der Waals surface area contributed by atoms with Crippen molar-refractivity contribution < 1.29 is 62.1 Å². The molecule has 0 spiro atoms. The summed E-state index contributed by atoms with van der Waals surface area (Å²) in [6, 6.07) is 34.9. The molecule has 4 N–H and O–H groups in total. The molecule has 0 bridgehead atoms. The first-order chi connectivity index (χ1) is 37.7. The third kappa shape index (κ3) is 16.8. The van der Waals surface area contributed by atoms with Gasteiger partial charge in [0, 0.05) is 80.1 Å². The summed E-state index contributed by atoms with van der Waals surface area (Å²) in [5, 5.41) is 10.9. The molecular weight excluding hydrogens is 1030 g/mol. The molecule has 0 aliphatic carbocycles. The standard InChI is InChI=1S/C61H58N4O13S/c1-35(2)58(71)77-38(6)25-27-75-60(73)49-23-21-47(33-51(49)56(69)62-8)79-48-22-24-50(61(74)76-28-26-39(7)78-59(72)36(3)4)52(34-48)57(70)65-46-20-12-17-43(32-46)55(68)64-45-19-11-15-41(31-45)53(66)40-14-10-18-44(30-40)63-54(67)42-16-9-13-37(5)29-42/h9-24,29-34,38-39H,1,3,25-28H2,2,4-8H3,(H,62,69)(H,63,67)(H,64,68)(H,65,70). The van der Waals surface area contributed by atoms with Crippen LogP contribution in [0.2, 0.25) is 0 Å². The maximum atomic E-state index is 14.3. The van der Waals surface area contributed by atoms with Gasteiger partial charge in [0.1, 0.15) is 12.2 Å². The van der Waals surface area contributed by atoms with Gasteiger partial charge in [-0.05, 0) is 126 Å². The fourth-order valence-electron chi connectivity index (χ4n) is 7.42. The Morgan fingerprint density at radius 2 is 0.873 bits per heavy atom. The van der Waals surface area contributed by atoms with Crippen LogP contribution < -0.4 is 21.3 Å². The molecule has 6 rings (SSSR count). The van der Waals surface area contributed by atoms with E-state index in [0.29, 0.717) is 32.3 Å². The third-order valence-corrected chi connectivity index (χ3v) is 12.6. The number of carbonyl (C=O) groups is 9. The number of hydrogen-bond donors (Lipinski definition) is 4. The van der Waals surface area contributed by atoms with Gasteiger partial charge in [0.15, 0.2) is 5.78 Å². The van der Waals surface area contributed by atoms with E-state index < -0.39 is 53.8 Å². The second-order valence-electron chi connectivity index (χ2n) is 18.2. The Morgan fingerprint density at radius 1 is 0.481 bits per heavy atom. The van der Waals surface area contributed by atoms with Gasteiger partial charge in [-0.25, -0.2) is 19.2 Å². The Bertz CT molecular complexity index is 3390. The molecule has 0 fully saturated rings. The fourth-order valence-corrected chi connectivity index (χ4v) is 8.32. The van der Waals surface area contributed by atoms with Gasteiger partial charge in [0.25, 0.3) is 23.6 Å². The van der Waals surface area contributed by atoms with Crippen LogP contribution in [-0.2, 0) is 28.5 Å². The van der Waals surface area contributed by atoms with Crippen molar-refractivity contribution in [1.29, 1.82) is 0 Å². The molecule has 18 heteroatoms. The lowest BCUT2D eigenvalue weighted by molar-refractivity contribution is -0.144. The van der Waals surface area contributed by atoms with Gasteiger partial charge in [-0.1, -0.05) is 72.9 Å². The van der Waals surface area contributed by atoms with E-state index in [1.54, 1.807) is 98.8 Å². The summed E-state index contributed by atoms with van der Waals surface area (Å²) in [5.74, 6) is -5.42. The molecule has 0 aliphatic heterocycles. The van der Waals surface area contributed by atoms with Crippen molar-refractivity contribution in [1.82, 2.24) is 5.32 Å². The molecule has 0 aromatic heterocycles. The Balaban J connectivity index is 1.18. The number of benzene rings is 6. The number of ketones is 1. The first kappa shape index (κ1) is 58.8. The van der Waals surface area contributed by atoms with E-state index >= 15 is 0 Å². The van der Waals surface area contributed by atoms with Crippen molar-refractivity contribution in [2.24, 2.45) is 0 Å². The number of carbonyl (C=O) groups excluding carboxylic acids is 9. The second kappa shape index (κ2) is 27.6. The molecular formula is C61H58N4O13S. The van der Waals surface area contributed by atoms with Crippen LogP contribution in [0.3, 0.4) is 0 Å². The maximum absolute atomic E-state index is 14.3. The minimum Gasteiger partial charge on any atom is -0.462 e. The monoisotopic (exact) mass is 1090 g/mol. The summed E-state index contributed by atoms with van der Waals surface area (Å²) in [7, 11) is 1.40. The maximum Gasteiger partial charge on any atom is 0.338 e. The fraction of sp³-hybridized carbons (Fsp3) is 0.197. The van der Waals surface area contributed by atoms with Gasteiger partial charge in [-0.3, -0.25) is 24.0 Å². The minimum atomic E-state index is -0.861. The highest BCUT2D eigenvalue weighted by Gasteiger charge is 2.24. The van der Waals surface area contributed by atoms with Crippen molar-refractivity contribution in [2.45, 2.75) is 69.5 Å². The van der Waals surface area contributed by atoms with Crippen LogP contribution >= 0.6 is 11.8 Å². The molecule has 6 aromatic rings. The van der Waals surface area contributed by atoms with Crippen LogP contribution in [-0.4, -0.2) is 85.8 Å². The molecule has 79 heavy (non-hydrogen) atoms. The van der Waals surface area contributed by atoms with Gasteiger partial charge in [-0.2, -0.15) is 0 Å². The highest BCUT2D eigenvalue weighted by atomic mass is 32.2. The average Bonchev–Trinajstić information content (AvgIpc) is 3.43. The Kier molecular flexibility index (Phi) is 20.5. The van der Waals surface area contributed by atoms with Crippen LogP contribution in [0.5, 0.6) is 0 Å². The van der Waals surface area contributed by atoms with Gasteiger partial charge in [0.05, 0.1) is 35.5 Å². The van der Waals surface area contributed by atoms with E-state index in [2.05, 4.69) is 34.4 Å². The van der Waals surface area contributed by atoms with E-state index in [1.807, 2.05) is 13.0 Å². The zero-order chi connectivity index (χ0) is 57.3. The number of amides is 4. The topological polar surface area (TPSA) is 239 Å². The number of esters is 4. The first-order valence-corrected chi connectivity index (χ1v) is 25.6. The van der Waals surface area contributed by atoms with Crippen LogP contribution in [0, 0.1) is 6.92 Å². The van der Waals surface area contributed by atoms with Gasteiger partial charge >= 0.3 is 23.9 Å². The quantitative estimate of drug-likeness (QED) is 0.0202. The Labute approximate surface area is 461 Å². The molecule has 6 aromatic carbocycles. The third-order valence-electron chi connectivity index (χ3n) is 11.6. The SMILES string of the molecule is C=C(C)C(=O)OC(C)CCOC(=O)c1ccc(Sc2ccc(C(=O)OCCC(C)OC(=O)C(=C)C)c(C(=O)Nc3cccc(C(=O)Nc4cccc(C(=O)c5cccc(NC(=O)c6cccc(C)c6)c5)c4)c3)c2)cc1C(=O)NC. The molecule has 0 aliphatic rings. The summed E-state index contributed by atoms with van der Waals surface area (Å²) >= 11 is 1.11. The normalized spacial score (nSPS) is 11.4. The van der Waals surface area contributed by atoms with E-state index in [-0.39, 0.29) is 88.0 Å². The summed E-state index contributed by atoms with van der Waals surface area (Å²) < 4.78 is 21.5. The molecule has 2 unspecified atom stereocenters. The molecule has 0 heterocycles. The van der Waals surface area contributed by atoms with Gasteiger partial charge < -0.3 is 40.2 Å². The number of ether oxygens (including phenoxy) is 4. The van der Waals surface area contributed by atoms with E-state index in [1.165, 1.54) is 63.4 Å². The molecule has 2 atom stereocenters. The van der Waals surface area contributed by atoms with Crippen LogP contribution in [0.1, 0.15) is 124 Å². The minimum absolute atomic E-state index is 0.00540. The van der Waals surface area contributed by atoms with Crippen LogP contribution in [0.4, 0.5) is 17.1 Å². The summed E-state index contributed by atoms with van der Waals surface area (Å²) in [5.41, 5.74) is 3.16. The summed E-state index contributed by atoms with van der Waals surface area (Å²) in [4.78, 5) is 119.